The molecule has 0 atom stereocenters. The monoisotopic (exact) mass is 262 g/mol. The Kier molecular flexibility index (Phi) is 3.40. The molecule has 0 saturated heterocycles. The van der Waals surface area contributed by atoms with E-state index in [9.17, 15) is 10.0 Å². The smallest absolute Gasteiger partial charge is 0.290 e. The molecule has 1 N–H and O–H groups in total. The molecule has 0 unspecified atom stereocenters. The van der Waals surface area contributed by atoms with Crippen LogP contribution in [0.15, 0.2) is 54.6 Å². The minimum atomic E-state index is -0.0466. The van der Waals surface area contributed by atoms with E-state index in [2.05, 4.69) is 0 Å². The van der Waals surface area contributed by atoms with Crippen molar-refractivity contribution in [1.29, 1.82) is 0 Å². The van der Waals surface area contributed by atoms with E-state index in [0.717, 1.165) is 21.8 Å². The van der Waals surface area contributed by atoms with Gasteiger partial charge in [-0.05, 0) is 29.6 Å². The zero-order chi connectivity index (χ0) is 13.9. The second-order valence-corrected chi connectivity index (χ2v) is 4.65. The molecule has 97 valence electrons. The van der Waals surface area contributed by atoms with Crippen LogP contribution < -0.4 is 4.97 Å². The van der Waals surface area contributed by atoms with Crippen LogP contribution in [-0.2, 0) is 6.32 Å². The molecule has 1 aliphatic heterocycles. The van der Waals surface area contributed by atoms with Gasteiger partial charge in [-0.2, -0.15) is 0 Å². The van der Waals surface area contributed by atoms with Crippen LogP contribution in [0.5, 0.6) is 0 Å². The zero-order valence-electron chi connectivity index (χ0n) is 10.9. The average molecular weight is 262 g/mol. The number of carbonyl (C=O) groups is 1. The number of rotatable bonds is 3. The number of carbonyl (C=O) groups excluding carboxylic acids is 1. The largest absolute Gasteiger partial charge is 0.308 e. The molecule has 0 fully saturated rings. The van der Waals surface area contributed by atoms with E-state index in [1.807, 2.05) is 36.4 Å². The molecule has 0 saturated carbocycles. The summed E-state index contributed by atoms with van der Waals surface area (Å²) in [5, 5.41) is 9.80. The van der Waals surface area contributed by atoms with Crippen LogP contribution in [0.1, 0.15) is 21.5 Å². The molecule has 1 radical (unpaired) electrons. The van der Waals surface area contributed by atoms with Gasteiger partial charge in [-0.1, -0.05) is 48.5 Å². The summed E-state index contributed by atoms with van der Waals surface area (Å²) < 4.78 is 0. The fourth-order valence-corrected chi connectivity index (χ4v) is 2.33. The Hall–Kier alpha value is -2.33. The molecule has 0 spiro atoms. The van der Waals surface area contributed by atoms with Crippen molar-refractivity contribution in [1.82, 2.24) is 0 Å². The summed E-state index contributed by atoms with van der Waals surface area (Å²) in [5.74, 6) is -0.0466. The number of anilines is 1. The number of hydrogen-bond donors (Lipinski definition) is 1. The summed E-state index contributed by atoms with van der Waals surface area (Å²) in [5.41, 5.74) is 3.30. The molecule has 0 amide bonds. The van der Waals surface area contributed by atoms with Gasteiger partial charge in [-0.3, -0.25) is 4.79 Å². The molecule has 3 nitrogen and oxygen atoms in total. The van der Waals surface area contributed by atoms with Crippen LogP contribution in [0.3, 0.4) is 0 Å². The Balaban J connectivity index is 1.87. The fraction of sp³-hybridized carbons (Fsp3) is 0.0625. The highest BCUT2D eigenvalue weighted by atomic mass is 16.5. The van der Waals surface area contributed by atoms with Crippen molar-refractivity contribution in [3.63, 3.8) is 0 Å². The lowest BCUT2D eigenvalue weighted by Gasteiger charge is -2.13. The van der Waals surface area contributed by atoms with Gasteiger partial charge in [-0.25, -0.2) is 0 Å². The first-order valence-electron chi connectivity index (χ1n) is 6.46. The number of para-hydroxylation sites is 1. The molecular formula is C16H13BNO2. The molecule has 0 aromatic heterocycles. The Labute approximate surface area is 118 Å². The van der Waals surface area contributed by atoms with E-state index >= 15 is 0 Å². The summed E-state index contributed by atoms with van der Waals surface area (Å²) in [6.45, 7) is 0. The van der Waals surface area contributed by atoms with E-state index in [0.29, 0.717) is 11.9 Å². The Morgan fingerprint density at radius 1 is 1.15 bits per heavy atom. The molecule has 4 heteroatoms. The van der Waals surface area contributed by atoms with E-state index in [4.69, 9.17) is 0 Å². The van der Waals surface area contributed by atoms with E-state index in [1.54, 1.807) is 25.6 Å². The molecule has 1 aliphatic rings. The maximum atomic E-state index is 12.0. The van der Waals surface area contributed by atoms with Gasteiger partial charge in [0.2, 0.25) is 0 Å². The van der Waals surface area contributed by atoms with Crippen LogP contribution in [0.4, 0.5) is 5.69 Å². The van der Waals surface area contributed by atoms with Gasteiger partial charge in [0, 0.05) is 5.56 Å². The summed E-state index contributed by atoms with van der Waals surface area (Å²) in [7, 11) is 1.71. The van der Waals surface area contributed by atoms with Crippen molar-refractivity contribution in [2.75, 3.05) is 4.97 Å². The van der Waals surface area contributed by atoms with E-state index < -0.39 is 0 Å². The van der Waals surface area contributed by atoms with Crippen LogP contribution in [0, 0.1) is 0 Å². The van der Waals surface area contributed by atoms with Gasteiger partial charge in [0.25, 0.3) is 7.41 Å². The Bertz CT molecular complexity index is 667. The predicted molar refractivity (Wildman–Crippen MR) is 80.0 cm³/mol. The second kappa shape index (κ2) is 5.35. The second-order valence-electron chi connectivity index (χ2n) is 4.65. The molecule has 2 aromatic rings. The van der Waals surface area contributed by atoms with Crippen LogP contribution in [-0.4, -0.2) is 18.4 Å². The molecular weight excluding hydrogens is 249 g/mol. The maximum Gasteiger partial charge on any atom is 0.290 e. The van der Waals surface area contributed by atoms with Gasteiger partial charge >= 0.3 is 0 Å². The number of fused-ring (bicyclic) bond motifs is 1. The van der Waals surface area contributed by atoms with Crippen LogP contribution in [0.25, 0.3) is 6.08 Å². The molecule has 20 heavy (non-hydrogen) atoms. The number of benzene rings is 2. The molecule has 0 bridgehead atoms. The van der Waals surface area contributed by atoms with Crippen molar-refractivity contribution in [2.45, 2.75) is 6.32 Å². The number of hydrogen-bond acceptors (Lipinski definition) is 3. The van der Waals surface area contributed by atoms with Gasteiger partial charge < -0.3 is 10.2 Å². The normalized spacial score (nSPS) is 13.3. The lowest BCUT2D eigenvalue weighted by Crippen LogP contribution is -2.18. The third-order valence-electron chi connectivity index (χ3n) is 3.34. The topological polar surface area (TPSA) is 40.5 Å². The van der Waals surface area contributed by atoms with Crippen molar-refractivity contribution in [2.24, 2.45) is 0 Å². The SMILES string of the molecule is O=C(/C=C/c1cccc2c1N(O)[B]C2)c1ccccc1. The maximum absolute atomic E-state index is 12.0. The first kappa shape index (κ1) is 12.7. The molecule has 1 heterocycles. The number of nitrogens with zero attached hydrogens (tertiary/aromatic N) is 1. The van der Waals surface area contributed by atoms with E-state index in [1.165, 1.54) is 6.08 Å². The van der Waals surface area contributed by atoms with Crippen molar-refractivity contribution in [3.8, 4) is 0 Å². The van der Waals surface area contributed by atoms with Gasteiger partial charge in [-0.15, -0.1) is 0 Å². The summed E-state index contributed by atoms with van der Waals surface area (Å²) in [4.78, 5) is 13.2. The van der Waals surface area contributed by atoms with Crippen LogP contribution in [0.2, 0.25) is 0 Å². The lowest BCUT2D eigenvalue weighted by atomic mass is 9.90. The van der Waals surface area contributed by atoms with Gasteiger partial charge in [0.1, 0.15) is 0 Å². The third-order valence-corrected chi connectivity index (χ3v) is 3.34. The third kappa shape index (κ3) is 2.38. The minimum Gasteiger partial charge on any atom is -0.308 e. The first-order chi connectivity index (χ1) is 9.75. The lowest BCUT2D eigenvalue weighted by molar-refractivity contribution is 0.104. The quantitative estimate of drug-likeness (QED) is 0.525. The molecule has 2 aromatic carbocycles. The first-order valence-corrected chi connectivity index (χ1v) is 6.46. The molecule has 3 rings (SSSR count). The summed E-state index contributed by atoms with van der Waals surface area (Å²) in [6.07, 6.45) is 3.99. The fourth-order valence-electron chi connectivity index (χ4n) is 2.33. The van der Waals surface area contributed by atoms with Crippen molar-refractivity contribution < 1.29 is 10.0 Å². The predicted octanol–water partition coefficient (Wildman–Crippen LogP) is 2.91. The van der Waals surface area contributed by atoms with Crippen LogP contribution >= 0.6 is 0 Å². The standard InChI is InChI=1S/C16H13BNO2/c19-15(12-5-2-1-3-6-12)10-9-13-7-4-8-14-11-17-18(20)16(13)14/h1-10,20H,11H2/b10-9+. The van der Waals surface area contributed by atoms with Crippen molar-refractivity contribution >= 4 is 25.0 Å². The highest BCUT2D eigenvalue weighted by molar-refractivity contribution is 6.43. The van der Waals surface area contributed by atoms with Gasteiger partial charge in [0.05, 0.1) is 5.69 Å². The van der Waals surface area contributed by atoms with E-state index in [-0.39, 0.29) is 5.78 Å². The van der Waals surface area contributed by atoms with Crippen molar-refractivity contribution in [3.05, 3.63) is 71.3 Å². The molecule has 0 aliphatic carbocycles. The number of ketones is 1. The highest BCUT2D eigenvalue weighted by Gasteiger charge is 2.21. The Morgan fingerprint density at radius 2 is 1.95 bits per heavy atom. The average Bonchev–Trinajstić information content (AvgIpc) is 2.88. The Morgan fingerprint density at radius 3 is 2.75 bits per heavy atom. The zero-order valence-corrected chi connectivity index (χ0v) is 10.9. The highest BCUT2D eigenvalue weighted by Crippen LogP contribution is 2.30. The summed E-state index contributed by atoms with van der Waals surface area (Å²) >= 11 is 0. The summed E-state index contributed by atoms with van der Waals surface area (Å²) in [6, 6.07) is 14.9. The minimum absolute atomic E-state index is 0.0466. The number of allylic oxidation sites excluding steroid dienone is 1. The van der Waals surface area contributed by atoms with Gasteiger partial charge in [0.15, 0.2) is 5.78 Å².